The Hall–Kier alpha value is -3.35. The smallest absolute Gasteiger partial charge is 0.303 e. The largest absolute Gasteiger partial charge is 0.481 e. The highest BCUT2D eigenvalue weighted by molar-refractivity contribution is 5.68. The molecule has 3 heterocycles. The van der Waals surface area contributed by atoms with E-state index >= 15 is 0 Å². The summed E-state index contributed by atoms with van der Waals surface area (Å²) < 4.78 is 7.79. The first-order chi connectivity index (χ1) is 17.7. The van der Waals surface area contributed by atoms with Gasteiger partial charge in [-0.25, -0.2) is 9.67 Å². The summed E-state index contributed by atoms with van der Waals surface area (Å²) in [4.78, 5) is 16.5. The molecule has 0 saturated carbocycles. The number of aliphatic carboxylic acids is 1. The van der Waals surface area contributed by atoms with Crippen molar-refractivity contribution in [2.24, 2.45) is 7.05 Å². The first-order valence-electron chi connectivity index (χ1n) is 13.4. The number of nitrogens with one attached hydrogen (secondary N) is 1. The number of benzene rings is 1. The molecular formula is C30H40N4O3. The van der Waals surface area contributed by atoms with Crippen LogP contribution in [0.2, 0.25) is 0 Å². The molecule has 0 saturated heterocycles. The van der Waals surface area contributed by atoms with Crippen molar-refractivity contribution in [3.05, 3.63) is 70.0 Å². The van der Waals surface area contributed by atoms with Crippen molar-refractivity contribution in [3.63, 3.8) is 0 Å². The van der Waals surface area contributed by atoms with Crippen molar-refractivity contribution in [1.29, 1.82) is 0 Å². The van der Waals surface area contributed by atoms with E-state index in [9.17, 15) is 9.90 Å². The van der Waals surface area contributed by atoms with E-state index in [0.717, 1.165) is 42.2 Å². The highest BCUT2D eigenvalue weighted by Crippen LogP contribution is 2.31. The van der Waals surface area contributed by atoms with Gasteiger partial charge in [0, 0.05) is 31.8 Å². The Labute approximate surface area is 220 Å². The van der Waals surface area contributed by atoms with E-state index in [2.05, 4.69) is 68.4 Å². The lowest BCUT2D eigenvalue weighted by molar-refractivity contribution is -0.137. The molecule has 198 valence electrons. The maximum atomic E-state index is 11.8. The van der Waals surface area contributed by atoms with E-state index in [4.69, 9.17) is 9.72 Å². The third kappa shape index (κ3) is 6.90. The van der Waals surface area contributed by atoms with Crippen molar-refractivity contribution >= 4 is 11.8 Å². The molecule has 2 aromatic heterocycles. The normalized spacial score (nSPS) is 13.9. The van der Waals surface area contributed by atoms with Gasteiger partial charge in [-0.05, 0) is 65.3 Å². The van der Waals surface area contributed by atoms with Crippen LogP contribution in [-0.2, 0) is 31.1 Å². The van der Waals surface area contributed by atoms with Crippen molar-refractivity contribution < 1.29 is 14.6 Å². The molecular weight excluding hydrogens is 464 g/mol. The second kappa shape index (κ2) is 11.8. The fraction of sp³-hybridized carbons (Fsp3) is 0.500. The zero-order valence-electron chi connectivity index (χ0n) is 22.8. The van der Waals surface area contributed by atoms with E-state index in [1.807, 2.05) is 13.1 Å². The molecule has 7 nitrogen and oxygen atoms in total. The van der Waals surface area contributed by atoms with Gasteiger partial charge in [-0.15, -0.1) is 0 Å². The molecule has 0 amide bonds. The fourth-order valence-corrected chi connectivity index (χ4v) is 4.89. The zero-order valence-corrected chi connectivity index (χ0v) is 22.8. The van der Waals surface area contributed by atoms with Crippen LogP contribution in [0.1, 0.15) is 91.9 Å². The Morgan fingerprint density at radius 2 is 1.76 bits per heavy atom. The molecule has 0 spiro atoms. The van der Waals surface area contributed by atoms with Gasteiger partial charge in [0.1, 0.15) is 5.82 Å². The number of anilines is 1. The summed E-state index contributed by atoms with van der Waals surface area (Å²) in [6.45, 7) is 10.2. The van der Waals surface area contributed by atoms with Crippen molar-refractivity contribution in [2.75, 3.05) is 18.5 Å². The van der Waals surface area contributed by atoms with Gasteiger partial charge in [-0.2, -0.15) is 5.10 Å². The lowest BCUT2D eigenvalue weighted by Crippen LogP contribution is -2.14. The summed E-state index contributed by atoms with van der Waals surface area (Å²) >= 11 is 0. The van der Waals surface area contributed by atoms with Crippen LogP contribution in [0.15, 0.2) is 36.4 Å². The molecule has 0 bridgehead atoms. The molecule has 0 fully saturated rings. The van der Waals surface area contributed by atoms with Crippen molar-refractivity contribution in [1.82, 2.24) is 14.8 Å². The number of carboxylic acid groups (broad SMARTS) is 1. The molecule has 1 atom stereocenters. The van der Waals surface area contributed by atoms with Gasteiger partial charge in [0.05, 0.1) is 18.7 Å². The number of rotatable bonds is 11. The summed E-state index contributed by atoms with van der Waals surface area (Å²) in [6, 6.07) is 12.8. The summed E-state index contributed by atoms with van der Waals surface area (Å²) in [6.07, 6.45) is 3.53. The third-order valence-corrected chi connectivity index (χ3v) is 7.13. The van der Waals surface area contributed by atoms with Crippen LogP contribution in [0.4, 0.5) is 5.82 Å². The summed E-state index contributed by atoms with van der Waals surface area (Å²) in [5.41, 5.74) is 6.67. The number of hydrogen-bond acceptors (Lipinski definition) is 5. The average molecular weight is 505 g/mol. The Morgan fingerprint density at radius 1 is 1.05 bits per heavy atom. The number of carboxylic acids is 1. The number of hydrogen-bond donors (Lipinski definition) is 2. The molecule has 37 heavy (non-hydrogen) atoms. The van der Waals surface area contributed by atoms with Crippen LogP contribution in [0.5, 0.6) is 5.88 Å². The van der Waals surface area contributed by atoms with Crippen LogP contribution in [0.25, 0.3) is 0 Å². The van der Waals surface area contributed by atoms with Gasteiger partial charge < -0.3 is 15.2 Å². The maximum Gasteiger partial charge on any atom is 0.303 e. The summed E-state index contributed by atoms with van der Waals surface area (Å²) in [7, 11) is 1.86. The first-order valence-corrected chi connectivity index (χ1v) is 13.4. The predicted molar refractivity (Wildman–Crippen MR) is 147 cm³/mol. The van der Waals surface area contributed by atoms with Gasteiger partial charge in [0.2, 0.25) is 5.88 Å². The van der Waals surface area contributed by atoms with Crippen LogP contribution >= 0.6 is 0 Å². The number of carbonyl (C=O) groups is 1. The van der Waals surface area contributed by atoms with Gasteiger partial charge in [0.25, 0.3) is 0 Å². The number of aromatic nitrogens is 3. The van der Waals surface area contributed by atoms with Crippen molar-refractivity contribution in [2.45, 2.75) is 77.6 Å². The fourth-order valence-electron chi connectivity index (χ4n) is 4.89. The second-order valence-electron chi connectivity index (χ2n) is 10.8. The van der Waals surface area contributed by atoms with Gasteiger partial charge in [-0.3, -0.25) is 4.79 Å². The SMILES string of the molecule is CC(C)c1cc(C(C)C)cc(C(CC(=O)O)Cc2cc(OCCc3ccc4c(n3)NCCC4)n(C)n2)c1. The van der Waals surface area contributed by atoms with E-state index in [0.29, 0.717) is 37.2 Å². The monoisotopic (exact) mass is 504 g/mol. The van der Waals surface area contributed by atoms with Gasteiger partial charge in [0.15, 0.2) is 0 Å². The quantitative estimate of drug-likeness (QED) is 0.341. The lowest BCUT2D eigenvalue weighted by Gasteiger charge is -2.20. The molecule has 1 unspecified atom stereocenters. The predicted octanol–water partition coefficient (Wildman–Crippen LogP) is 5.84. The number of pyridine rings is 1. The number of aryl methyl sites for hydroxylation is 2. The van der Waals surface area contributed by atoms with Crippen LogP contribution in [0, 0.1) is 0 Å². The van der Waals surface area contributed by atoms with Crippen molar-refractivity contribution in [3.8, 4) is 5.88 Å². The molecule has 1 aliphatic heterocycles. The van der Waals surface area contributed by atoms with Crippen LogP contribution < -0.4 is 10.1 Å². The minimum absolute atomic E-state index is 0.0594. The number of ether oxygens (including phenoxy) is 1. The van der Waals surface area contributed by atoms with E-state index in [1.54, 1.807) is 4.68 Å². The van der Waals surface area contributed by atoms with E-state index in [1.165, 1.54) is 16.7 Å². The summed E-state index contributed by atoms with van der Waals surface area (Å²) in [5.74, 6) is 1.46. The number of fused-ring (bicyclic) bond motifs is 1. The van der Waals surface area contributed by atoms with Crippen LogP contribution in [-0.4, -0.2) is 39.0 Å². The van der Waals surface area contributed by atoms with E-state index in [-0.39, 0.29) is 12.3 Å². The summed E-state index contributed by atoms with van der Waals surface area (Å²) in [5, 5.41) is 17.7. The highest BCUT2D eigenvalue weighted by Gasteiger charge is 2.21. The molecule has 1 aromatic carbocycles. The minimum atomic E-state index is -0.800. The van der Waals surface area contributed by atoms with Gasteiger partial charge >= 0.3 is 5.97 Å². The minimum Gasteiger partial charge on any atom is -0.481 e. The lowest BCUT2D eigenvalue weighted by atomic mass is 9.85. The highest BCUT2D eigenvalue weighted by atomic mass is 16.5. The third-order valence-electron chi connectivity index (χ3n) is 7.13. The molecule has 1 aliphatic rings. The molecule has 2 N–H and O–H groups in total. The average Bonchev–Trinajstić information content (AvgIpc) is 3.21. The Bertz CT molecular complexity index is 1210. The maximum absolute atomic E-state index is 11.8. The Morgan fingerprint density at radius 3 is 2.43 bits per heavy atom. The second-order valence-corrected chi connectivity index (χ2v) is 10.8. The molecule has 4 rings (SSSR count). The Kier molecular flexibility index (Phi) is 8.52. The standard InChI is InChI=1S/C30H40N4O3/c1-19(2)22-13-23(20(3)4)15-24(14-22)25(17-29(35)36)16-27-18-28(34(5)33-27)37-12-10-26-9-8-21-7-6-11-31-30(21)32-26/h8-9,13-15,18-20,25H,6-7,10-12,16-17H2,1-5H3,(H,31,32)(H,35,36). The molecule has 3 aromatic rings. The topological polar surface area (TPSA) is 89.3 Å². The first kappa shape index (κ1) is 26.7. The zero-order chi connectivity index (χ0) is 26.5. The number of nitrogens with zero attached hydrogens (tertiary/aromatic N) is 3. The van der Waals surface area contributed by atoms with Crippen LogP contribution in [0.3, 0.4) is 0 Å². The molecule has 7 heteroatoms. The van der Waals surface area contributed by atoms with E-state index < -0.39 is 5.97 Å². The van der Waals surface area contributed by atoms with Gasteiger partial charge in [-0.1, -0.05) is 52.0 Å². The molecule has 0 aliphatic carbocycles. The Balaban J connectivity index is 1.46. The molecule has 0 radical (unpaired) electrons.